The molecule has 0 aromatic rings. The van der Waals surface area contributed by atoms with Gasteiger partial charge in [-0.15, -0.1) is 0 Å². The van der Waals surface area contributed by atoms with E-state index in [1.54, 1.807) is 0 Å². The molecule has 1 aliphatic rings. The second-order valence-corrected chi connectivity index (χ2v) is 4.14. The van der Waals surface area contributed by atoms with Gasteiger partial charge in [0.15, 0.2) is 0 Å². The normalized spacial score (nSPS) is 35.2. The smallest absolute Gasteiger partial charge is 0.0892 e. The average molecular weight is 180 g/mol. The molecule has 2 unspecified atom stereocenters. The van der Waals surface area contributed by atoms with Crippen LogP contribution in [0.15, 0.2) is 24.3 Å². The van der Waals surface area contributed by atoms with Gasteiger partial charge in [-0.2, -0.15) is 0 Å². The van der Waals surface area contributed by atoms with Crippen molar-refractivity contribution in [1.82, 2.24) is 0 Å². The summed E-state index contributed by atoms with van der Waals surface area (Å²) < 4.78 is 0. The van der Waals surface area contributed by atoms with Gasteiger partial charge in [-0.3, -0.25) is 0 Å². The van der Waals surface area contributed by atoms with Crippen LogP contribution in [0.1, 0.15) is 39.5 Å². The van der Waals surface area contributed by atoms with Gasteiger partial charge in [0.05, 0.1) is 5.60 Å². The SMILES string of the molecule is C=C(C)C1CCCCC1(O)C=CC. The highest BCUT2D eigenvalue weighted by Gasteiger charge is 2.36. The van der Waals surface area contributed by atoms with E-state index < -0.39 is 5.60 Å². The Morgan fingerprint density at radius 3 is 2.77 bits per heavy atom. The molecular weight excluding hydrogens is 160 g/mol. The van der Waals surface area contributed by atoms with Crippen LogP contribution in [0.5, 0.6) is 0 Å². The van der Waals surface area contributed by atoms with Crippen LogP contribution in [0, 0.1) is 5.92 Å². The van der Waals surface area contributed by atoms with Gasteiger partial charge in [0, 0.05) is 5.92 Å². The second kappa shape index (κ2) is 4.10. The fraction of sp³-hybridized carbons (Fsp3) is 0.667. The molecule has 0 amide bonds. The maximum Gasteiger partial charge on any atom is 0.0892 e. The first kappa shape index (κ1) is 10.5. The summed E-state index contributed by atoms with van der Waals surface area (Å²) in [6.45, 7) is 7.94. The van der Waals surface area contributed by atoms with Crippen LogP contribution in [-0.4, -0.2) is 10.7 Å². The van der Waals surface area contributed by atoms with E-state index in [0.29, 0.717) is 0 Å². The predicted octanol–water partition coefficient (Wildman–Crippen LogP) is 3.06. The van der Waals surface area contributed by atoms with Crippen LogP contribution in [0.2, 0.25) is 0 Å². The topological polar surface area (TPSA) is 20.2 Å². The molecular formula is C12H20O. The molecule has 0 saturated heterocycles. The van der Waals surface area contributed by atoms with Crippen molar-refractivity contribution in [3.05, 3.63) is 24.3 Å². The lowest BCUT2D eigenvalue weighted by Crippen LogP contribution is -2.39. The average Bonchev–Trinajstić information content (AvgIpc) is 2.04. The highest BCUT2D eigenvalue weighted by molar-refractivity contribution is 5.15. The third kappa shape index (κ3) is 2.22. The molecule has 1 fully saturated rings. The maximum absolute atomic E-state index is 10.4. The summed E-state index contributed by atoms with van der Waals surface area (Å²) in [6, 6.07) is 0. The third-order valence-electron chi connectivity index (χ3n) is 2.97. The van der Waals surface area contributed by atoms with E-state index in [0.717, 1.165) is 24.8 Å². The number of rotatable bonds is 2. The quantitative estimate of drug-likeness (QED) is 0.647. The van der Waals surface area contributed by atoms with Crippen LogP contribution in [-0.2, 0) is 0 Å². The van der Waals surface area contributed by atoms with E-state index in [1.165, 1.54) is 6.42 Å². The van der Waals surface area contributed by atoms with Crippen molar-refractivity contribution >= 4 is 0 Å². The molecule has 0 aliphatic heterocycles. The Morgan fingerprint density at radius 1 is 1.54 bits per heavy atom. The summed E-state index contributed by atoms with van der Waals surface area (Å²) in [5, 5.41) is 10.4. The van der Waals surface area contributed by atoms with Crippen LogP contribution < -0.4 is 0 Å². The molecule has 1 aliphatic carbocycles. The van der Waals surface area contributed by atoms with Gasteiger partial charge in [-0.05, 0) is 26.7 Å². The summed E-state index contributed by atoms with van der Waals surface area (Å²) >= 11 is 0. The van der Waals surface area contributed by atoms with Crippen LogP contribution >= 0.6 is 0 Å². The summed E-state index contributed by atoms with van der Waals surface area (Å²) in [5.74, 6) is 0.262. The van der Waals surface area contributed by atoms with Crippen LogP contribution in [0.4, 0.5) is 0 Å². The van der Waals surface area contributed by atoms with Gasteiger partial charge in [0.25, 0.3) is 0 Å². The Labute approximate surface area is 81.2 Å². The number of allylic oxidation sites excluding steroid dienone is 1. The Balaban J connectivity index is 2.83. The number of hydrogen-bond acceptors (Lipinski definition) is 1. The molecule has 13 heavy (non-hydrogen) atoms. The predicted molar refractivity (Wildman–Crippen MR) is 56.5 cm³/mol. The Morgan fingerprint density at radius 2 is 2.23 bits per heavy atom. The molecule has 1 N–H and O–H groups in total. The maximum atomic E-state index is 10.4. The summed E-state index contributed by atoms with van der Waals surface area (Å²) in [4.78, 5) is 0. The lowest BCUT2D eigenvalue weighted by atomic mass is 9.72. The molecule has 1 heteroatoms. The summed E-state index contributed by atoms with van der Waals surface area (Å²) in [5.41, 5.74) is 0.499. The first-order valence-corrected chi connectivity index (χ1v) is 5.12. The molecule has 1 nitrogen and oxygen atoms in total. The van der Waals surface area contributed by atoms with E-state index in [2.05, 4.69) is 6.58 Å². The van der Waals surface area contributed by atoms with Crippen molar-refractivity contribution in [2.24, 2.45) is 5.92 Å². The molecule has 0 radical (unpaired) electrons. The van der Waals surface area contributed by atoms with Crippen molar-refractivity contribution in [3.8, 4) is 0 Å². The van der Waals surface area contributed by atoms with Crippen molar-refractivity contribution in [3.63, 3.8) is 0 Å². The minimum atomic E-state index is -0.612. The molecule has 0 heterocycles. The molecule has 0 bridgehead atoms. The van der Waals surface area contributed by atoms with E-state index in [-0.39, 0.29) is 5.92 Å². The minimum absolute atomic E-state index is 0.262. The first-order valence-electron chi connectivity index (χ1n) is 5.12. The summed E-state index contributed by atoms with van der Waals surface area (Å²) in [7, 11) is 0. The van der Waals surface area contributed by atoms with Gasteiger partial charge in [0.2, 0.25) is 0 Å². The van der Waals surface area contributed by atoms with Crippen molar-refractivity contribution in [2.75, 3.05) is 0 Å². The molecule has 2 atom stereocenters. The zero-order chi connectivity index (χ0) is 9.90. The standard InChI is InChI=1S/C12H20O/c1-4-8-12(13)9-6-5-7-11(12)10(2)3/h4,8,11,13H,2,5-7,9H2,1,3H3. The highest BCUT2D eigenvalue weighted by atomic mass is 16.3. The minimum Gasteiger partial charge on any atom is -0.385 e. The van der Waals surface area contributed by atoms with Crippen LogP contribution in [0.25, 0.3) is 0 Å². The third-order valence-corrected chi connectivity index (χ3v) is 2.97. The lowest BCUT2D eigenvalue weighted by molar-refractivity contribution is 0.0111. The Kier molecular flexibility index (Phi) is 3.32. The van der Waals surface area contributed by atoms with E-state index in [4.69, 9.17) is 0 Å². The van der Waals surface area contributed by atoms with Gasteiger partial charge in [0.1, 0.15) is 0 Å². The largest absolute Gasteiger partial charge is 0.385 e. The van der Waals surface area contributed by atoms with E-state index in [9.17, 15) is 5.11 Å². The molecule has 0 spiro atoms. The lowest BCUT2D eigenvalue weighted by Gasteiger charge is -2.38. The Hall–Kier alpha value is -0.560. The van der Waals surface area contributed by atoms with Crippen molar-refractivity contribution in [1.29, 1.82) is 0 Å². The van der Waals surface area contributed by atoms with E-state index in [1.807, 2.05) is 26.0 Å². The van der Waals surface area contributed by atoms with Gasteiger partial charge < -0.3 is 5.11 Å². The van der Waals surface area contributed by atoms with Crippen molar-refractivity contribution in [2.45, 2.75) is 45.1 Å². The fourth-order valence-electron chi connectivity index (χ4n) is 2.34. The Bertz CT molecular complexity index is 217. The zero-order valence-electron chi connectivity index (χ0n) is 8.71. The zero-order valence-corrected chi connectivity index (χ0v) is 8.71. The monoisotopic (exact) mass is 180 g/mol. The van der Waals surface area contributed by atoms with Crippen LogP contribution in [0.3, 0.4) is 0 Å². The second-order valence-electron chi connectivity index (χ2n) is 4.14. The number of hydrogen-bond donors (Lipinski definition) is 1. The number of aliphatic hydroxyl groups is 1. The molecule has 74 valence electrons. The van der Waals surface area contributed by atoms with Gasteiger partial charge in [-0.25, -0.2) is 0 Å². The molecule has 1 rings (SSSR count). The van der Waals surface area contributed by atoms with Crippen molar-refractivity contribution < 1.29 is 5.11 Å². The fourth-order valence-corrected chi connectivity index (χ4v) is 2.34. The molecule has 1 saturated carbocycles. The highest BCUT2D eigenvalue weighted by Crippen LogP contribution is 2.38. The summed E-state index contributed by atoms with van der Waals surface area (Å²) in [6.07, 6.45) is 8.19. The van der Waals surface area contributed by atoms with E-state index >= 15 is 0 Å². The molecule has 0 aromatic heterocycles. The first-order chi connectivity index (χ1) is 6.10. The van der Waals surface area contributed by atoms with Gasteiger partial charge >= 0.3 is 0 Å². The molecule has 0 aromatic carbocycles. The van der Waals surface area contributed by atoms with Gasteiger partial charge in [-0.1, -0.05) is 37.1 Å².